The first kappa shape index (κ1) is 22.7. The zero-order valence-electron chi connectivity index (χ0n) is 19.7. The van der Waals surface area contributed by atoms with Crippen molar-refractivity contribution in [2.24, 2.45) is 7.05 Å². The van der Waals surface area contributed by atoms with Crippen molar-refractivity contribution in [3.63, 3.8) is 0 Å². The predicted molar refractivity (Wildman–Crippen MR) is 134 cm³/mol. The van der Waals surface area contributed by atoms with E-state index in [1.54, 1.807) is 23.7 Å². The Morgan fingerprint density at radius 1 is 1.21 bits per heavy atom. The summed E-state index contributed by atoms with van der Waals surface area (Å²) in [6.45, 7) is 6.45. The number of hydrogen-bond acceptors (Lipinski definition) is 6. The van der Waals surface area contributed by atoms with Crippen molar-refractivity contribution in [2.75, 3.05) is 24.6 Å². The molecular formula is C26H28ClN5O2. The molecule has 0 aliphatic carbocycles. The molecule has 5 rings (SSSR count). The molecule has 0 spiro atoms. The van der Waals surface area contributed by atoms with Crippen molar-refractivity contribution in [2.45, 2.75) is 44.8 Å². The average molecular weight is 478 g/mol. The molecule has 1 fully saturated rings. The number of anilines is 1. The fourth-order valence-electron chi connectivity index (χ4n) is 5.49. The summed E-state index contributed by atoms with van der Waals surface area (Å²) < 4.78 is 7.66. The number of nitriles is 1. The van der Waals surface area contributed by atoms with Gasteiger partial charge < -0.3 is 14.2 Å². The first-order valence-electron chi connectivity index (χ1n) is 11.8. The average Bonchev–Trinajstić information content (AvgIpc) is 2.87. The van der Waals surface area contributed by atoms with Gasteiger partial charge >= 0.3 is 0 Å². The van der Waals surface area contributed by atoms with Crippen LogP contribution in [0.15, 0.2) is 41.2 Å². The maximum absolute atomic E-state index is 13.1. The van der Waals surface area contributed by atoms with Crippen molar-refractivity contribution >= 4 is 28.3 Å². The van der Waals surface area contributed by atoms with E-state index in [2.05, 4.69) is 46.8 Å². The van der Waals surface area contributed by atoms with Crippen LogP contribution in [0, 0.1) is 11.3 Å². The number of piperazine rings is 1. The Morgan fingerprint density at radius 2 is 1.97 bits per heavy atom. The highest BCUT2D eigenvalue weighted by Crippen LogP contribution is 2.41. The summed E-state index contributed by atoms with van der Waals surface area (Å²) in [6.07, 6.45) is 1.96. The molecule has 1 saturated heterocycles. The summed E-state index contributed by atoms with van der Waals surface area (Å²) in [6, 6.07) is 14.4. The van der Waals surface area contributed by atoms with Crippen LogP contribution in [0.5, 0.6) is 5.75 Å². The van der Waals surface area contributed by atoms with E-state index in [9.17, 15) is 10.1 Å². The second kappa shape index (κ2) is 8.94. The maximum Gasteiger partial charge on any atom is 0.295 e. The number of hydrogen-bond donors (Lipinski definition) is 0. The van der Waals surface area contributed by atoms with E-state index in [4.69, 9.17) is 16.3 Å². The topological polar surface area (TPSA) is 74.4 Å². The molecule has 0 unspecified atom stereocenters. The third-order valence-corrected chi connectivity index (χ3v) is 7.50. The van der Waals surface area contributed by atoms with E-state index >= 15 is 0 Å². The van der Waals surface area contributed by atoms with Crippen LogP contribution in [-0.2, 0) is 7.05 Å². The molecular weight excluding hydrogens is 450 g/mol. The molecule has 2 aliphatic heterocycles. The Labute approximate surface area is 204 Å². The first-order valence-corrected chi connectivity index (χ1v) is 12.2. The number of aromatic nitrogens is 2. The summed E-state index contributed by atoms with van der Waals surface area (Å²) in [7, 11) is 1.72. The van der Waals surface area contributed by atoms with Gasteiger partial charge in [0.2, 0.25) is 5.75 Å². The number of nitrogens with zero attached hydrogens (tertiary/aromatic N) is 5. The van der Waals surface area contributed by atoms with Gasteiger partial charge in [0.1, 0.15) is 29.6 Å². The van der Waals surface area contributed by atoms with Crippen LogP contribution in [0.3, 0.4) is 0 Å². The van der Waals surface area contributed by atoms with Gasteiger partial charge in [-0.25, -0.2) is 4.98 Å². The number of halogens is 1. The molecule has 3 atom stereocenters. The van der Waals surface area contributed by atoms with Crippen LogP contribution in [0.1, 0.15) is 44.0 Å². The Morgan fingerprint density at radius 3 is 2.65 bits per heavy atom. The quantitative estimate of drug-likeness (QED) is 0.558. The van der Waals surface area contributed by atoms with E-state index in [-0.39, 0.29) is 17.6 Å². The summed E-state index contributed by atoms with van der Waals surface area (Å²) in [5.74, 6) is 0.335. The van der Waals surface area contributed by atoms with E-state index in [0.717, 1.165) is 36.6 Å². The van der Waals surface area contributed by atoms with Crippen LogP contribution in [0.2, 0.25) is 5.02 Å². The third kappa shape index (κ3) is 3.62. The Kier molecular flexibility index (Phi) is 5.97. The van der Waals surface area contributed by atoms with Crippen LogP contribution >= 0.6 is 11.6 Å². The largest absolute Gasteiger partial charge is 0.484 e. The molecule has 4 heterocycles. The number of ether oxygens (including phenoxy) is 1. The molecule has 3 aromatic rings. The van der Waals surface area contributed by atoms with Crippen LogP contribution in [0.4, 0.5) is 5.69 Å². The lowest BCUT2D eigenvalue weighted by Gasteiger charge is -2.51. The van der Waals surface area contributed by atoms with E-state index in [1.165, 1.54) is 5.56 Å². The van der Waals surface area contributed by atoms with E-state index in [1.807, 2.05) is 12.1 Å². The first-order chi connectivity index (χ1) is 16.5. The Bertz CT molecular complexity index is 1330. The summed E-state index contributed by atoms with van der Waals surface area (Å²) in [5, 5.41) is 10.2. The number of rotatable bonds is 4. The van der Waals surface area contributed by atoms with Gasteiger partial charge in [-0.2, -0.15) is 5.26 Å². The van der Waals surface area contributed by atoms with Gasteiger partial charge in [0.15, 0.2) is 0 Å². The number of pyridine rings is 2. The zero-order valence-corrected chi connectivity index (χ0v) is 20.4. The van der Waals surface area contributed by atoms with Gasteiger partial charge in [-0.3, -0.25) is 9.69 Å². The van der Waals surface area contributed by atoms with Gasteiger partial charge in [0.05, 0.1) is 11.6 Å². The van der Waals surface area contributed by atoms with Gasteiger partial charge in [0, 0.05) is 37.2 Å². The minimum absolute atomic E-state index is 0.0829. The van der Waals surface area contributed by atoms with Crippen molar-refractivity contribution in [1.29, 1.82) is 5.26 Å². The van der Waals surface area contributed by atoms with Crippen LogP contribution in [0.25, 0.3) is 11.0 Å². The predicted octanol–water partition coefficient (Wildman–Crippen LogP) is 4.27. The lowest BCUT2D eigenvalue weighted by atomic mass is 9.95. The molecule has 7 nitrogen and oxygen atoms in total. The molecule has 34 heavy (non-hydrogen) atoms. The molecule has 8 heteroatoms. The minimum Gasteiger partial charge on any atom is -0.484 e. The molecule has 0 radical (unpaired) electrons. The van der Waals surface area contributed by atoms with Gasteiger partial charge in [-0.05, 0) is 42.7 Å². The Balaban J connectivity index is 1.58. The lowest BCUT2D eigenvalue weighted by molar-refractivity contribution is 0.0720. The fraction of sp³-hybridized carbons (Fsp3) is 0.423. The molecule has 2 aliphatic rings. The second-order valence-electron chi connectivity index (χ2n) is 9.07. The van der Waals surface area contributed by atoms with Gasteiger partial charge in [-0.1, -0.05) is 37.6 Å². The van der Waals surface area contributed by atoms with Crippen molar-refractivity contribution in [1.82, 2.24) is 14.5 Å². The molecule has 1 aromatic carbocycles. The smallest absolute Gasteiger partial charge is 0.295 e. The highest BCUT2D eigenvalue weighted by molar-refractivity contribution is 6.30. The number of benzene rings is 1. The molecule has 2 aromatic heterocycles. The van der Waals surface area contributed by atoms with Gasteiger partial charge in [-0.15, -0.1) is 0 Å². The monoisotopic (exact) mass is 477 g/mol. The zero-order chi connectivity index (χ0) is 24.0. The van der Waals surface area contributed by atoms with Crippen molar-refractivity contribution in [3.05, 3.63) is 63.0 Å². The number of aryl methyl sites for hydroxylation is 1. The molecule has 0 N–H and O–H groups in total. The molecule has 0 saturated carbocycles. The highest BCUT2D eigenvalue weighted by Gasteiger charge is 2.41. The van der Waals surface area contributed by atoms with Crippen LogP contribution < -0.4 is 15.2 Å². The maximum atomic E-state index is 13.1. The molecule has 0 amide bonds. The van der Waals surface area contributed by atoms with E-state index < -0.39 is 0 Å². The molecule has 0 bridgehead atoms. The standard InChI is InChI=1S/C26H28ClN5O2/c1-4-19-13-32-20(14-31(19)21(5-2)16-6-8-17(27)9-7-16)15-34-25-24(32)23-22(30(3)26(25)33)11-10-18(12-28)29-23/h6-11,19-21H,4-5,13-15H2,1-3H3/t19-,20+,21-/m1/s1. The Hall–Kier alpha value is -3.08. The van der Waals surface area contributed by atoms with Crippen molar-refractivity contribution < 1.29 is 4.74 Å². The normalized spacial score (nSPS) is 20.9. The fourth-order valence-corrected chi connectivity index (χ4v) is 5.61. The highest BCUT2D eigenvalue weighted by atomic mass is 35.5. The summed E-state index contributed by atoms with van der Waals surface area (Å²) in [5.41, 5.74) is 3.49. The second-order valence-corrected chi connectivity index (χ2v) is 9.51. The summed E-state index contributed by atoms with van der Waals surface area (Å²) in [4.78, 5) is 22.6. The lowest BCUT2D eigenvalue weighted by Crippen LogP contribution is -2.62. The third-order valence-electron chi connectivity index (χ3n) is 7.25. The van der Waals surface area contributed by atoms with Gasteiger partial charge in [0.25, 0.3) is 5.56 Å². The minimum atomic E-state index is -0.171. The molecule has 176 valence electrons. The van der Waals surface area contributed by atoms with Crippen LogP contribution in [-0.4, -0.2) is 46.2 Å². The summed E-state index contributed by atoms with van der Waals surface area (Å²) >= 11 is 6.14. The number of fused-ring (bicyclic) bond motifs is 5. The van der Waals surface area contributed by atoms with E-state index in [0.29, 0.717) is 35.1 Å². The van der Waals surface area contributed by atoms with Crippen molar-refractivity contribution in [3.8, 4) is 11.8 Å². The SMILES string of the molecule is CC[C@@H]1CN2c3c(c(=O)n(C)c4ccc(C#N)nc34)OC[C@@H]2CN1[C@H](CC)c1ccc(Cl)cc1.